The molecule has 2 rings (SSSR count). The molecule has 1 aliphatic heterocycles. The minimum absolute atomic E-state index is 0. The van der Waals surface area contributed by atoms with E-state index in [-0.39, 0.29) is 17.9 Å². The summed E-state index contributed by atoms with van der Waals surface area (Å²) in [5, 5.41) is 8.80. The van der Waals surface area contributed by atoms with Gasteiger partial charge in [-0.25, -0.2) is 4.79 Å². The fraction of sp³-hybridized carbons (Fsp3) is 0.417. The lowest BCUT2D eigenvalue weighted by atomic mass is 9.83. The van der Waals surface area contributed by atoms with Crippen molar-refractivity contribution in [2.24, 2.45) is 5.73 Å². The Labute approximate surface area is 106 Å². The van der Waals surface area contributed by atoms with E-state index in [2.05, 4.69) is 0 Å². The number of nitrogens with two attached hydrogens (primary N) is 1. The molecule has 3 N–H and O–H groups in total. The molecule has 1 fully saturated rings. The summed E-state index contributed by atoms with van der Waals surface area (Å²) < 4.78 is 5.27. The standard InChI is InChI=1S/C12H15NO3.ClH/c13-12(5-7-16-8-6-12)10-3-1-9(2-4-10)11(14)15;/h1-4H,5-8,13H2,(H,14,15);1H. The topological polar surface area (TPSA) is 72.6 Å². The van der Waals surface area contributed by atoms with Crippen molar-refractivity contribution in [1.29, 1.82) is 0 Å². The van der Waals surface area contributed by atoms with Crippen molar-refractivity contribution < 1.29 is 14.6 Å². The van der Waals surface area contributed by atoms with Gasteiger partial charge in [0.1, 0.15) is 0 Å². The first-order valence-corrected chi connectivity index (χ1v) is 5.32. The molecular formula is C12H16ClNO3. The number of carboxylic acid groups (broad SMARTS) is 1. The molecule has 0 atom stereocenters. The number of aromatic carboxylic acids is 1. The largest absolute Gasteiger partial charge is 0.478 e. The lowest BCUT2D eigenvalue weighted by molar-refractivity contribution is 0.0522. The fourth-order valence-corrected chi connectivity index (χ4v) is 1.97. The monoisotopic (exact) mass is 257 g/mol. The lowest BCUT2D eigenvalue weighted by Gasteiger charge is -2.33. The van der Waals surface area contributed by atoms with Crippen molar-refractivity contribution in [2.45, 2.75) is 18.4 Å². The van der Waals surface area contributed by atoms with E-state index in [1.165, 1.54) is 0 Å². The van der Waals surface area contributed by atoms with Crippen LogP contribution in [0.5, 0.6) is 0 Å². The van der Waals surface area contributed by atoms with Gasteiger partial charge in [0.2, 0.25) is 0 Å². The maximum absolute atomic E-state index is 10.7. The molecule has 0 radical (unpaired) electrons. The Kier molecular flexibility index (Phi) is 4.51. The maximum atomic E-state index is 10.7. The number of carbonyl (C=O) groups is 1. The third-order valence-electron chi connectivity index (χ3n) is 3.09. The Hall–Kier alpha value is -1.10. The van der Waals surface area contributed by atoms with Crippen LogP contribution in [0.1, 0.15) is 28.8 Å². The smallest absolute Gasteiger partial charge is 0.335 e. The van der Waals surface area contributed by atoms with Crippen LogP contribution >= 0.6 is 12.4 Å². The summed E-state index contributed by atoms with van der Waals surface area (Å²) in [5.41, 5.74) is 7.19. The summed E-state index contributed by atoms with van der Waals surface area (Å²) in [6.07, 6.45) is 1.55. The summed E-state index contributed by atoms with van der Waals surface area (Å²) >= 11 is 0. The summed E-state index contributed by atoms with van der Waals surface area (Å²) in [7, 11) is 0. The first-order valence-electron chi connectivity index (χ1n) is 5.32. The van der Waals surface area contributed by atoms with Crippen LogP contribution in [0, 0.1) is 0 Å². The normalized spacial score (nSPS) is 18.2. The van der Waals surface area contributed by atoms with E-state index in [0.717, 1.165) is 18.4 Å². The highest BCUT2D eigenvalue weighted by atomic mass is 35.5. The molecule has 0 spiro atoms. The van der Waals surface area contributed by atoms with Crippen LogP contribution in [0.15, 0.2) is 24.3 Å². The Morgan fingerprint density at radius 3 is 2.24 bits per heavy atom. The van der Waals surface area contributed by atoms with Gasteiger partial charge in [0.25, 0.3) is 0 Å². The number of hydrogen-bond donors (Lipinski definition) is 2. The summed E-state index contributed by atoms with van der Waals surface area (Å²) in [4.78, 5) is 10.7. The second kappa shape index (κ2) is 5.49. The van der Waals surface area contributed by atoms with Crippen LogP contribution in [0.3, 0.4) is 0 Å². The zero-order chi connectivity index (χ0) is 11.6. The van der Waals surface area contributed by atoms with Crippen molar-refractivity contribution in [3.63, 3.8) is 0 Å². The van der Waals surface area contributed by atoms with E-state index in [0.29, 0.717) is 18.8 Å². The van der Waals surface area contributed by atoms with Gasteiger partial charge in [-0.2, -0.15) is 0 Å². The van der Waals surface area contributed by atoms with E-state index < -0.39 is 5.97 Å². The van der Waals surface area contributed by atoms with Gasteiger partial charge in [-0.05, 0) is 30.5 Å². The van der Waals surface area contributed by atoms with Gasteiger partial charge in [-0.3, -0.25) is 0 Å². The summed E-state index contributed by atoms with van der Waals surface area (Å²) in [6, 6.07) is 6.80. The molecule has 5 heteroatoms. The number of rotatable bonds is 2. The highest BCUT2D eigenvalue weighted by molar-refractivity contribution is 5.87. The van der Waals surface area contributed by atoms with Gasteiger partial charge >= 0.3 is 5.97 Å². The second-order valence-electron chi connectivity index (χ2n) is 4.15. The van der Waals surface area contributed by atoms with Crippen LogP contribution < -0.4 is 5.73 Å². The third-order valence-corrected chi connectivity index (χ3v) is 3.09. The first kappa shape index (κ1) is 14.0. The molecule has 0 aliphatic carbocycles. The molecule has 1 aromatic rings. The van der Waals surface area contributed by atoms with Gasteiger partial charge in [-0.1, -0.05) is 12.1 Å². The molecule has 1 aliphatic rings. The van der Waals surface area contributed by atoms with Crippen LogP contribution in [0.25, 0.3) is 0 Å². The molecule has 0 saturated carbocycles. The highest BCUT2D eigenvalue weighted by Crippen LogP contribution is 2.29. The Morgan fingerprint density at radius 1 is 1.24 bits per heavy atom. The number of benzene rings is 1. The molecule has 94 valence electrons. The molecule has 1 heterocycles. The van der Waals surface area contributed by atoms with Crippen LogP contribution in [-0.2, 0) is 10.3 Å². The zero-order valence-electron chi connectivity index (χ0n) is 9.39. The molecule has 0 aromatic heterocycles. The van der Waals surface area contributed by atoms with Crippen LogP contribution in [0.2, 0.25) is 0 Å². The SMILES string of the molecule is Cl.NC1(c2ccc(C(=O)O)cc2)CCOCC1. The lowest BCUT2D eigenvalue weighted by Crippen LogP contribution is -2.42. The quantitative estimate of drug-likeness (QED) is 0.847. The zero-order valence-corrected chi connectivity index (χ0v) is 10.2. The fourth-order valence-electron chi connectivity index (χ4n) is 1.97. The molecule has 1 saturated heterocycles. The average Bonchev–Trinajstić information content (AvgIpc) is 2.30. The number of hydrogen-bond acceptors (Lipinski definition) is 3. The molecule has 0 bridgehead atoms. The van der Waals surface area contributed by atoms with Crippen molar-refractivity contribution in [3.8, 4) is 0 Å². The van der Waals surface area contributed by atoms with Crippen molar-refractivity contribution in [2.75, 3.05) is 13.2 Å². The van der Waals surface area contributed by atoms with E-state index in [1.807, 2.05) is 0 Å². The molecule has 0 unspecified atom stereocenters. The van der Waals surface area contributed by atoms with Crippen molar-refractivity contribution in [1.82, 2.24) is 0 Å². The first-order chi connectivity index (χ1) is 7.62. The van der Waals surface area contributed by atoms with Gasteiger partial charge in [-0.15, -0.1) is 12.4 Å². The van der Waals surface area contributed by atoms with Crippen molar-refractivity contribution in [3.05, 3.63) is 35.4 Å². The molecular weight excluding hydrogens is 242 g/mol. The number of halogens is 1. The van der Waals surface area contributed by atoms with Crippen LogP contribution in [0.4, 0.5) is 0 Å². The van der Waals surface area contributed by atoms with E-state index in [4.69, 9.17) is 15.6 Å². The Morgan fingerprint density at radius 2 is 1.76 bits per heavy atom. The van der Waals surface area contributed by atoms with Gasteiger partial charge in [0, 0.05) is 18.8 Å². The van der Waals surface area contributed by atoms with Gasteiger partial charge < -0.3 is 15.6 Å². The minimum Gasteiger partial charge on any atom is -0.478 e. The van der Waals surface area contributed by atoms with E-state index >= 15 is 0 Å². The number of carboxylic acids is 1. The highest BCUT2D eigenvalue weighted by Gasteiger charge is 2.29. The third kappa shape index (κ3) is 2.97. The molecule has 4 nitrogen and oxygen atoms in total. The minimum atomic E-state index is -0.912. The van der Waals surface area contributed by atoms with E-state index in [9.17, 15) is 4.79 Å². The molecule has 17 heavy (non-hydrogen) atoms. The number of ether oxygens (including phenoxy) is 1. The van der Waals surface area contributed by atoms with Gasteiger partial charge in [0.15, 0.2) is 0 Å². The average molecular weight is 258 g/mol. The Bertz CT molecular complexity index is 385. The van der Waals surface area contributed by atoms with Crippen molar-refractivity contribution >= 4 is 18.4 Å². The maximum Gasteiger partial charge on any atom is 0.335 e. The predicted molar refractivity (Wildman–Crippen MR) is 66.6 cm³/mol. The predicted octanol–water partition coefficient (Wildman–Crippen LogP) is 1.77. The summed E-state index contributed by atoms with van der Waals surface area (Å²) in [6.45, 7) is 1.33. The Balaban J connectivity index is 0.00000144. The summed E-state index contributed by atoms with van der Waals surface area (Å²) in [5.74, 6) is -0.912. The van der Waals surface area contributed by atoms with E-state index in [1.54, 1.807) is 24.3 Å². The molecule has 0 amide bonds. The molecule has 1 aromatic carbocycles. The second-order valence-corrected chi connectivity index (χ2v) is 4.15. The van der Waals surface area contributed by atoms with Gasteiger partial charge in [0.05, 0.1) is 5.56 Å². The van der Waals surface area contributed by atoms with Crippen LogP contribution in [-0.4, -0.2) is 24.3 Å².